The van der Waals surface area contributed by atoms with Crippen LogP contribution in [0.25, 0.3) is 0 Å². The van der Waals surface area contributed by atoms with E-state index < -0.39 is 47.3 Å². The number of amides is 1. The summed E-state index contributed by atoms with van der Waals surface area (Å²) in [6.45, 7) is 3.14. The molecule has 1 amide bonds. The number of rotatable bonds is 10. The molecule has 0 saturated heterocycles. The highest BCUT2D eigenvalue weighted by molar-refractivity contribution is 6.34. The molecule has 0 aliphatic rings. The molecule has 1 unspecified atom stereocenters. The van der Waals surface area contributed by atoms with Crippen LogP contribution in [0, 0.1) is 35.0 Å². The van der Waals surface area contributed by atoms with Gasteiger partial charge in [-0.15, -0.1) is 0 Å². The lowest BCUT2D eigenvalue weighted by molar-refractivity contribution is -0.120. The molecule has 11 heteroatoms. The summed E-state index contributed by atoms with van der Waals surface area (Å²) < 4.78 is 71.4. The molecule has 32 heavy (non-hydrogen) atoms. The van der Waals surface area contributed by atoms with Crippen LogP contribution >= 0.6 is 11.6 Å². The Hall–Kier alpha value is -2.75. The first-order valence-electron chi connectivity index (χ1n) is 9.83. The Morgan fingerprint density at radius 1 is 1.03 bits per heavy atom. The van der Waals surface area contributed by atoms with E-state index in [0.29, 0.717) is 12.8 Å². The van der Waals surface area contributed by atoms with E-state index >= 15 is 0 Å². The number of hydrogen-bond acceptors (Lipinski definition) is 4. The summed E-state index contributed by atoms with van der Waals surface area (Å²) in [7, 11) is 0. The standard InChI is InChI=1S/C21H22ClF5N2O3/c1-3-5-6-10(4-2)21(31)29-12-8-14(30)13(7-11(12)22)28-9-32-20-18(26)16(24)15(23)17(25)19(20)27/h7-8,10,28,30H,3-6,9H2,1-2H3,(H,29,31). The number of benzene rings is 2. The van der Waals surface area contributed by atoms with E-state index in [1.54, 1.807) is 0 Å². The summed E-state index contributed by atoms with van der Waals surface area (Å²) in [4.78, 5) is 12.4. The van der Waals surface area contributed by atoms with E-state index in [1.807, 2.05) is 13.8 Å². The molecule has 2 aromatic rings. The summed E-state index contributed by atoms with van der Waals surface area (Å²) in [6.07, 6.45) is 3.16. The van der Waals surface area contributed by atoms with Crippen molar-refractivity contribution in [1.29, 1.82) is 0 Å². The highest BCUT2D eigenvalue weighted by Gasteiger charge is 2.27. The minimum absolute atomic E-state index is 0.0419. The first-order valence-corrected chi connectivity index (χ1v) is 10.2. The fourth-order valence-electron chi connectivity index (χ4n) is 2.90. The lowest BCUT2D eigenvalue weighted by Gasteiger charge is -2.17. The van der Waals surface area contributed by atoms with Crippen molar-refractivity contribution < 1.29 is 36.6 Å². The van der Waals surface area contributed by atoms with E-state index in [4.69, 9.17) is 11.6 Å². The summed E-state index contributed by atoms with van der Waals surface area (Å²) in [5, 5.41) is 15.2. The molecule has 176 valence electrons. The van der Waals surface area contributed by atoms with Gasteiger partial charge in [0, 0.05) is 12.0 Å². The second-order valence-electron chi connectivity index (χ2n) is 6.95. The summed E-state index contributed by atoms with van der Waals surface area (Å²) in [5.41, 5.74) is 0.0882. The molecule has 0 aromatic heterocycles. The average molecular weight is 481 g/mol. The predicted octanol–water partition coefficient (Wildman–Crippen LogP) is 6.34. The summed E-state index contributed by atoms with van der Waals surface area (Å²) >= 11 is 6.14. The molecular formula is C21H22ClF5N2O3. The van der Waals surface area contributed by atoms with Crippen LogP contribution in [0.15, 0.2) is 12.1 Å². The van der Waals surface area contributed by atoms with Gasteiger partial charge in [-0.2, -0.15) is 8.78 Å². The van der Waals surface area contributed by atoms with Gasteiger partial charge < -0.3 is 20.5 Å². The zero-order valence-corrected chi connectivity index (χ0v) is 18.1. The van der Waals surface area contributed by atoms with Gasteiger partial charge in [0.1, 0.15) is 5.75 Å². The van der Waals surface area contributed by atoms with E-state index in [2.05, 4.69) is 15.4 Å². The van der Waals surface area contributed by atoms with Gasteiger partial charge in [0.15, 0.2) is 12.5 Å². The van der Waals surface area contributed by atoms with Crippen molar-refractivity contribution >= 4 is 28.9 Å². The van der Waals surface area contributed by atoms with Crippen molar-refractivity contribution in [3.05, 3.63) is 46.2 Å². The molecule has 1 atom stereocenters. The Morgan fingerprint density at radius 3 is 2.19 bits per heavy atom. The third kappa shape index (κ3) is 5.73. The molecule has 0 spiro atoms. The number of halogens is 6. The largest absolute Gasteiger partial charge is 0.506 e. The predicted molar refractivity (Wildman–Crippen MR) is 110 cm³/mol. The van der Waals surface area contributed by atoms with Gasteiger partial charge in [-0.05, 0) is 18.9 Å². The van der Waals surface area contributed by atoms with Crippen LogP contribution in [0.2, 0.25) is 5.02 Å². The number of carbonyl (C=O) groups is 1. The molecular weight excluding hydrogens is 459 g/mol. The number of anilines is 2. The topological polar surface area (TPSA) is 70.6 Å². The highest BCUT2D eigenvalue weighted by Crippen LogP contribution is 2.35. The normalized spacial score (nSPS) is 11.9. The molecule has 0 fully saturated rings. The Kier molecular flexibility index (Phi) is 8.94. The van der Waals surface area contributed by atoms with Gasteiger partial charge in [-0.1, -0.05) is 38.3 Å². The minimum Gasteiger partial charge on any atom is -0.506 e. The number of hydrogen-bond donors (Lipinski definition) is 3. The molecule has 5 nitrogen and oxygen atoms in total. The molecule has 0 radical (unpaired) electrons. The third-order valence-electron chi connectivity index (χ3n) is 4.76. The molecule has 0 bridgehead atoms. The average Bonchev–Trinajstić information content (AvgIpc) is 2.76. The maximum atomic E-state index is 13.6. The highest BCUT2D eigenvalue weighted by atomic mass is 35.5. The monoisotopic (exact) mass is 480 g/mol. The van der Waals surface area contributed by atoms with Gasteiger partial charge >= 0.3 is 0 Å². The molecule has 0 heterocycles. The SMILES string of the molecule is CCCCC(CC)C(=O)Nc1cc(O)c(NCOc2c(F)c(F)c(F)c(F)c2F)cc1Cl. The minimum atomic E-state index is -2.30. The Balaban J connectivity index is 2.09. The van der Waals surface area contributed by atoms with Crippen LogP contribution in [0.5, 0.6) is 11.5 Å². The summed E-state index contributed by atoms with van der Waals surface area (Å²) in [6, 6.07) is 2.37. The summed E-state index contributed by atoms with van der Waals surface area (Å²) in [5.74, 6) is -13.2. The molecule has 3 N–H and O–H groups in total. The van der Waals surface area contributed by atoms with Gasteiger partial charge in [-0.3, -0.25) is 4.79 Å². The number of unbranched alkanes of at least 4 members (excludes halogenated alkanes) is 1. The first-order chi connectivity index (χ1) is 15.1. The fourth-order valence-corrected chi connectivity index (χ4v) is 3.11. The van der Waals surface area contributed by atoms with Gasteiger partial charge in [0.25, 0.3) is 0 Å². The second-order valence-corrected chi connectivity index (χ2v) is 7.36. The Labute approximate surface area is 186 Å². The van der Waals surface area contributed by atoms with Gasteiger partial charge in [0.05, 0.1) is 16.4 Å². The Bertz CT molecular complexity index is 962. The zero-order chi connectivity index (χ0) is 24.0. The van der Waals surface area contributed by atoms with Crippen molar-refractivity contribution in [3.63, 3.8) is 0 Å². The van der Waals surface area contributed by atoms with Gasteiger partial charge in [0.2, 0.25) is 35.0 Å². The van der Waals surface area contributed by atoms with Crippen LogP contribution in [-0.4, -0.2) is 17.7 Å². The molecule has 0 aliphatic carbocycles. The van der Waals surface area contributed by atoms with Crippen LogP contribution in [0.4, 0.5) is 33.3 Å². The Morgan fingerprint density at radius 2 is 1.62 bits per heavy atom. The van der Waals surface area contributed by atoms with Crippen molar-refractivity contribution in [1.82, 2.24) is 0 Å². The third-order valence-corrected chi connectivity index (χ3v) is 5.07. The quantitative estimate of drug-likeness (QED) is 0.122. The van der Waals surface area contributed by atoms with Crippen LogP contribution in [0.1, 0.15) is 39.5 Å². The molecule has 2 aromatic carbocycles. The number of nitrogens with one attached hydrogen (secondary N) is 2. The maximum Gasteiger partial charge on any atom is 0.227 e. The van der Waals surface area contributed by atoms with Crippen molar-refractivity contribution in [2.75, 3.05) is 17.4 Å². The van der Waals surface area contributed by atoms with E-state index in [1.165, 1.54) is 6.07 Å². The number of aromatic hydroxyl groups is 1. The fraction of sp³-hybridized carbons (Fsp3) is 0.381. The molecule has 0 aliphatic heterocycles. The van der Waals surface area contributed by atoms with E-state index in [0.717, 1.165) is 18.9 Å². The van der Waals surface area contributed by atoms with Crippen LogP contribution < -0.4 is 15.4 Å². The second kappa shape index (κ2) is 11.2. The van der Waals surface area contributed by atoms with Crippen LogP contribution in [0.3, 0.4) is 0 Å². The first kappa shape index (κ1) is 25.5. The number of phenolic OH excluding ortho intramolecular Hbond substituents is 1. The zero-order valence-electron chi connectivity index (χ0n) is 17.3. The van der Waals surface area contributed by atoms with Crippen molar-refractivity contribution in [3.8, 4) is 11.5 Å². The lowest BCUT2D eigenvalue weighted by atomic mass is 9.98. The number of phenols is 1. The lowest BCUT2D eigenvalue weighted by Crippen LogP contribution is -2.22. The van der Waals surface area contributed by atoms with Crippen molar-refractivity contribution in [2.24, 2.45) is 5.92 Å². The van der Waals surface area contributed by atoms with Gasteiger partial charge in [-0.25, -0.2) is 13.2 Å². The number of ether oxygens (including phenoxy) is 1. The maximum absolute atomic E-state index is 13.6. The van der Waals surface area contributed by atoms with E-state index in [9.17, 15) is 31.9 Å². The molecule has 0 saturated carbocycles. The van der Waals surface area contributed by atoms with Crippen molar-refractivity contribution in [2.45, 2.75) is 39.5 Å². The smallest absolute Gasteiger partial charge is 0.227 e. The van der Waals surface area contributed by atoms with Crippen LogP contribution in [-0.2, 0) is 4.79 Å². The number of carbonyl (C=O) groups excluding carboxylic acids is 1. The van der Waals surface area contributed by atoms with E-state index in [-0.39, 0.29) is 28.2 Å². The molecule has 2 rings (SSSR count).